The van der Waals surface area contributed by atoms with Crippen molar-refractivity contribution in [3.05, 3.63) is 59.9 Å². The summed E-state index contributed by atoms with van der Waals surface area (Å²) in [7, 11) is 0. The van der Waals surface area contributed by atoms with E-state index in [1.807, 2.05) is 6.92 Å². The van der Waals surface area contributed by atoms with Gasteiger partial charge in [-0.3, -0.25) is 9.59 Å². The van der Waals surface area contributed by atoms with Crippen LogP contribution >= 0.6 is 0 Å². The Hall–Kier alpha value is -4.41. The van der Waals surface area contributed by atoms with Crippen molar-refractivity contribution in [1.29, 1.82) is 0 Å². The summed E-state index contributed by atoms with van der Waals surface area (Å²) in [5.41, 5.74) is 13.1. The number of nitrogens with one attached hydrogen (secondary N) is 4. The molecule has 0 aliphatic heterocycles. The maximum absolute atomic E-state index is 12.7. The number of benzene rings is 1. The van der Waals surface area contributed by atoms with E-state index in [2.05, 4.69) is 36.2 Å². The largest absolute Gasteiger partial charge is 0.396 e. The lowest BCUT2D eigenvalue weighted by Crippen LogP contribution is -2.27. The first-order chi connectivity index (χ1) is 16.5. The lowest BCUT2D eigenvalue weighted by Gasteiger charge is -2.13. The highest BCUT2D eigenvalue weighted by molar-refractivity contribution is 5.98. The molecule has 0 atom stereocenters. The monoisotopic (exact) mass is 463 g/mol. The van der Waals surface area contributed by atoms with Crippen LogP contribution in [-0.2, 0) is 0 Å². The zero-order valence-corrected chi connectivity index (χ0v) is 19.0. The highest BCUT2D eigenvalue weighted by Gasteiger charge is 2.15. The maximum Gasteiger partial charge on any atom is 0.256 e. The second-order valence-corrected chi connectivity index (χ2v) is 7.43. The molecule has 0 bridgehead atoms. The van der Waals surface area contributed by atoms with E-state index in [1.165, 1.54) is 6.20 Å². The number of carbonyl (C=O) groups excluding carboxylic acids is 2. The van der Waals surface area contributed by atoms with Gasteiger partial charge < -0.3 is 32.7 Å². The van der Waals surface area contributed by atoms with Crippen LogP contribution in [0.15, 0.2) is 48.8 Å². The summed E-state index contributed by atoms with van der Waals surface area (Å²) in [4.78, 5) is 36.9. The van der Waals surface area contributed by atoms with Gasteiger partial charge in [0.15, 0.2) is 0 Å². The van der Waals surface area contributed by atoms with E-state index in [0.717, 1.165) is 6.42 Å². The normalized spacial score (nSPS) is 10.4. The van der Waals surface area contributed by atoms with Gasteiger partial charge in [-0.1, -0.05) is 6.92 Å². The second kappa shape index (κ2) is 12.0. The minimum atomic E-state index is -0.499. The number of anilines is 5. The van der Waals surface area contributed by atoms with Gasteiger partial charge in [-0.15, -0.1) is 0 Å². The van der Waals surface area contributed by atoms with E-state index in [4.69, 9.17) is 11.5 Å². The number of primary amides is 1. The number of pyridine rings is 1. The zero-order chi connectivity index (χ0) is 24.3. The molecule has 178 valence electrons. The molecular formula is C23H29N9O2. The summed E-state index contributed by atoms with van der Waals surface area (Å²) >= 11 is 0. The summed E-state index contributed by atoms with van der Waals surface area (Å²) in [6.07, 6.45) is 4.69. The van der Waals surface area contributed by atoms with Gasteiger partial charge in [0, 0.05) is 43.3 Å². The number of hydrogen-bond acceptors (Lipinski definition) is 9. The topological polar surface area (TPSA) is 173 Å². The maximum atomic E-state index is 12.7. The van der Waals surface area contributed by atoms with Crippen molar-refractivity contribution in [1.82, 2.24) is 20.3 Å². The lowest BCUT2D eigenvalue weighted by atomic mass is 10.2. The van der Waals surface area contributed by atoms with Gasteiger partial charge in [-0.05, 0) is 49.2 Å². The molecule has 2 aromatic heterocycles. The Morgan fingerprint density at radius 3 is 2.44 bits per heavy atom. The fourth-order valence-corrected chi connectivity index (χ4v) is 2.99. The molecule has 3 aromatic rings. The van der Waals surface area contributed by atoms with Crippen molar-refractivity contribution in [2.24, 2.45) is 5.73 Å². The molecule has 0 fully saturated rings. The quantitative estimate of drug-likeness (QED) is 0.220. The third-order valence-corrected chi connectivity index (χ3v) is 4.77. The van der Waals surface area contributed by atoms with E-state index in [-0.39, 0.29) is 5.91 Å². The van der Waals surface area contributed by atoms with Crippen LogP contribution in [-0.4, -0.2) is 46.4 Å². The van der Waals surface area contributed by atoms with Gasteiger partial charge >= 0.3 is 0 Å². The van der Waals surface area contributed by atoms with Gasteiger partial charge in [-0.25, -0.2) is 9.97 Å². The fraction of sp³-hybridized carbons (Fsp3) is 0.261. The van der Waals surface area contributed by atoms with Gasteiger partial charge in [0.2, 0.25) is 11.9 Å². The van der Waals surface area contributed by atoms with E-state index in [9.17, 15) is 9.59 Å². The van der Waals surface area contributed by atoms with Gasteiger partial charge in [0.05, 0.1) is 5.69 Å². The van der Waals surface area contributed by atoms with E-state index < -0.39 is 5.91 Å². The Bertz CT molecular complexity index is 1120. The molecule has 11 nitrogen and oxygen atoms in total. The molecule has 34 heavy (non-hydrogen) atoms. The first kappa shape index (κ1) is 24.2. The van der Waals surface area contributed by atoms with Crippen LogP contribution in [0, 0.1) is 0 Å². The van der Waals surface area contributed by atoms with Crippen LogP contribution in [0.4, 0.5) is 29.0 Å². The number of nitrogens with zero attached hydrogens (tertiary/aromatic N) is 3. The fourth-order valence-electron chi connectivity index (χ4n) is 2.99. The van der Waals surface area contributed by atoms with E-state index in [1.54, 1.807) is 42.6 Å². The van der Waals surface area contributed by atoms with Crippen LogP contribution in [0.2, 0.25) is 0 Å². The van der Waals surface area contributed by atoms with Crippen LogP contribution in [0.1, 0.15) is 40.5 Å². The van der Waals surface area contributed by atoms with E-state index in [0.29, 0.717) is 66.1 Å². The molecule has 0 spiro atoms. The number of amides is 2. The average molecular weight is 464 g/mol. The molecule has 3 rings (SSSR count). The lowest BCUT2D eigenvalue weighted by molar-refractivity contribution is 0.0952. The summed E-state index contributed by atoms with van der Waals surface area (Å²) in [6.45, 7) is 3.74. The molecule has 2 amide bonds. The molecule has 11 heteroatoms. The highest BCUT2D eigenvalue weighted by atomic mass is 16.2. The molecule has 0 aliphatic carbocycles. The molecule has 1 aromatic carbocycles. The molecule has 0 saturated heterocycles. The van der Waals surface area contributed by atoms with Crippen molar-refractivity contribution < 1.29 is 9.59 Å². The zero-order valence-electron chi connectivity index (χ0n) is 19.0. The summed E-state index contributed by atoms with van der Waals surface area (Å²) in [5, 5.41) is 12.3. The summed E-state index contributed by atoms with van der Waals surface area (Å²) < 4.78 is 0. The smallest absolute Gasteiger partial charge is 0.256 e. The Morgan fingerprint density at radius 1 is 0.971 bits per heavy atom. The predicted octanol–water partition coefficient (Wildman–Crippen LogP) is 2.35. The molecule has 2 heterocycles. The Labute approximate surface area is 197 Å². The molecule has 0 saturated carbocycles. The van der Waals surface area contributed by atoms with Crippen molar-refractivity contribution in [2.45, 2.75) is 19.8 Å². The van der Waals surface area contributed by atoms with Crippen LogP contribution in [0.3, 0.4) is 0 Å². The number of carbonyl (C=O) groups is 2. The van der Waals surface area contributed by atoms with Crippen LogP contribution in [0.25, 0.3) is 0 Å². The highest BCUT2D eigenvalue weighted by Crippen LogP contribution is 2.18. The Morgan fingerprint density at radius 2 is 1.74 bits per heavy atom. The number of aromatic nitrogens is 3. The first-order valence-corrected chi connectivity index (χ1v) is 11.0. The van der Waals surface area contributed by atoms with Gasteiger partial charge in [0.1, 0.15) is 17.2 Å². The van der Waals surface area contributed by atoms with Crippen LogP contribution in [0.5, 0.6) is 0 Å². The Kier molecular flexibility index (Phi) is 8.55. The molecule has 0 aliphatic rings. The third-order valence-electron chi connectivity index (χ3n) is 4.77. The van der Waals surface area contributed by atoms with Crippen LogP contribution < -0.4 is 32.7 Å². The SMILES string of the molecule is CCCNc1nc(Nc2ccc(C(N)=O)cc2)ncc1C(=O)NCCCNc1ncccc1N. The summed E-state index contributed by atoms with van der Waals surface area (Å²) in [6, 6.07) is 10.2. The minimum Gasteiger partial charge on any atom is -0.396 e. The number of nitrogens with two attached hydrogens (primary N) is 2. The number of rotatable bonds is 12. The molecule has 8 N–H and O–H groups in total. The van der Waals surface area contributed by atoms with Crippen molar-refractivity contribution in [2.75, 3.05) is 41.3 Å². The van der Waals surface area contributed by atoms with Gasteiger partial charge in [0.25, 0.3) is 5.91 Å². The third kappa shape index (κ3) is 6.79. The molecule has 0 radical (unpaired) electrons. The average Bonchev–Trinajstić information content (AvgIpc) is 2.84. The Balaban J connectivity index is 1.59. The minimum absolute atomic E-state index is 0.270. The number of nitrogen functional groups attached to an aromatic ring is 1. The summed E-state index contributed by atoms with van der Waals surface area (Å²) in [5.74, 6) is 0.610. The molecular weight excluding hydrogens is 434 g/mol. The van der Waals surface area contributed by atoms with Crippen molar-refractivity contribution >= 4 is 40.8 Å². The number of hydrogen-bond donors (Lipinski definition) is 6. The van der Waals surface area contributed by atoms with Crippen molar-refractivity contribution in [3.8, 4) is 0 Å². The van der Waals surface area contributed by atoms with E-state index >= 15 is 0 Å². The van der Waals surface area contributed by atoms with Gasteiger partial charge in [-0.2, -0.15) is 4.98 Å². The van der Waals surface area contributed by atoms with Crippen molar-refractivity contribution in [3.63, 3.8) is 0 Å². The second-order valence-electron chi connectivity index (χ2n) is 7.43. The first-order valence-electron chi connectivity index (χ1n) is 11.0. The predicted molar refractivity (Wildman–Crippen MR) is 133 cm³/mol. The molecule has 0 unspecified atom stereocenters. The standard InChI is InChI=1S/C23H29N9O2/c1-2-10-26-20-17(22(34)29-13-4-12-28-21-18(24)5-3-11-27-21)14-30-23(32-20)31-16-8-6-15(7-9-16)19(25)33/h3,5-9,11,14H,2,4,10,12-13,24H2,1H3,(H2,25,33)(H,27,28)(H,29,34)(H2,26,30,31,32).